The van der Waals surface area contributed by atoms with Crippen LogP contribution in [0, 0.1) is 5.92 Å². The minimum absolute atomic E-state index is 0.0379. The second kappa shape index (κ2) is 12.5. The number of fused-ring (bicyclic) bond motifs is 2. The van der Waals surface area contributed by atoms with E-state index in [-0.39, 0.29) is 29.8 Å². The van der Waals surface area contributed by atoms with Crippen molar-refractivity contribution in [3.05, 3.63) is 62.2 Å². The Morgan fingerprint density at radius 2 is 1.91 bits per heavy atom. The highest BCUT2D eigenvalue weighted by Crippen LogP contribution is 2.38. The van der Waals surface area contributed by atoms with Crippen LogP contribution in [0.1, 0.15) is 57.6 Å². The van der Waals surface area contributed by atoms with Crippen molar-refractivity contribution in [1.29, 1.82) is 0 Å². The Kier molecular flexibility index (Phi) is 9.11. The summed E-state index contributed by atoms with van der Waals surface area (Å²) >= 11 is 7.25. The van der Waals surface area contributed by atoms with E-state index in [1.54, 1.807) is 35.1 Å². The zero-order valence-electron chi connectivity index (χ0n) is 25.2. The Morgan fingerprint density at radius 1 is 1.16 bits per heavy atom. The summed E-state index contributed by atoms with van der Waals surface area (Å²) < 4.78 is 13.5. The summed E-state index contributed by atoms with van der Waals surface area (Å²) in [6, 6.07) is 11.0. The van der Waals surface area contributed by atoms with Gasteiger partial charge in [0.25, 0.3) is 0 Å². The molecule has 0 radical (unpaired) electrons. The number of rotatable bonds is 7. The molecular formula is C32H40ClN3O6S. The lowest BCUT2D eigenvalue weighted by Gasteiger charge is -2.41. The number of ether oxygens (including phenoxy) is 2. The molecule has 1 unspecified atom stereocenters. The lowest BCUT2D eigenvalue weighted by atomic mass is 9.78. The third-order valence-corrected chi connectivity index (χ3v) is 9.52. The van der Waals surface area contributed by atoms with E-state index in [9.17, 15) is 19.5 Å². The third-order valence-electron chi connectivity index (χ3n) is 8.33. The van der Waals surface area contributed by atoms with Gasteiger partial charge in [0.2, 0.25) is 5.91 Å². The van der Waals surface area contributed by atoms with Gasteiger partial charge in [0.1, 0.15) is 23.5 Å². The Morgan fingerprint density at radius 3 is 2.60 bits per heavy atom. The monoisotopic (exact) mass is 629 g/mol. The van der Waals surface area contributed by atoms with Crippen LogP contribution >= 0.6 is 22.9 Å². The lowest BCUT2D eigenvalue weighted by Crippen LogP contribution is -2.50. The van der Waals surface area contributed by atoms with Crippen molar-refractivity contribution >= 4 is 45.2 Å². The van der Waals surface area contributed by atoms with Crippen LogP contribution in [0.25, 0.3) is 10.2 Å². The van der Waals surface area contributed by atoms with Gasteiger partial charge in [-0.05, 0) is 100 Å². The summed E-state index contributed by atoms with van der Waals surface area (Å²) in [5, 5.41) is 12.5. The van der Waals surface area contributed by atoms with Gasteiger partial charge >= 0.3 is 11.0 Å². The van der Waals surface area contributed by atoms with Crippen LogP contribution in [0.2, 0.25) is 5.02 Å². The Balaban J connectivity index is 1.27. The van der Waals surface area contributed by atoms with E-state index in [4.69, 9.17) is 21.1 Å². The normalized spacial score (nSPS) is 19.3. The van der Waals surface area contributed by atoms with Gasteiger partial charge in [-0.25, -0.2) is 4.79 Å². The molecule has 2 amide bonds. The van der Waals surface area contributed by atoms with Crippen molar-refractivity contribution < 1.29 is 24.2 Å². The van der Waals surface area contributed by atoms with Gasteiger partial charge in [-0.2, -0.15) is 0 Å². The first-order valence-electron chi connectivity index (χ1n) is 14.8. The van der Waals surface area contributed by atoms with Crippen molar-refractivity contribution in [1.82, 2.24) is 14.4 Å². The number of aryl methyl sites for hydroxylation is 1. The number of aromatic nitrogens is 1. The number of halogens is 1. The Bertz CT molecular complexity index is 1550. The standard InChI is InChI=1S/C32H40ClN3O6S/c1-31(2,3)42-29(38)35(20-32(40)13-5-6-22-7-9-24(41-4)17-25(22)32)18-21-11-14-34(15-12-21)28(37)19-36-26-16-23(33)8-10-27(26)43-30(36)39/h7-10,16-17,21,40H,5-6,11-15,18-20H2,1-4H3. The maximum absolute atomic E-state index is 13.5. The van der Waals surface area contributed by atoms with Crippen LogP contribution in [-0.4, -0.2) is 70.4 Å². The van der Waals surface area contributed by atoms with Crippen molar-refractivity contribution in [2.24, 2.45) is 5.92 Å². The number of hydrogen-bond acceptors (Lipinski definition) is 7. The summed E-state index contributed by atoms with van der Waals surface area (Å²) in [6.07, 6.45) is 3.13. The molecule has 0 bridgehead atoms. The third kappa shape index (κ3) is 7.19. The van der Waals surface area contributed by atoms with Gasteiger partial charge in [-0.15, -0.1) is 0 Å². The van der Waals surface area contributed by atoms with E-state index in [1.807, 2.05) is 39.0 Å². The van der Waals surface area contributed by atoms with Crippen LogP contribution in [0.5, 0.6) is 5.75 Å². The highest BCUT2D eigenvalue weighted by Gasteiger charge is 2.39. The minimum Gasteiger partial charge on any atom is -0.497 e. The number of carbonyl (C=O) groups is 2. The highest BCUT2D eigenvalue weighted by atomic mass is 35.5. The van der Waals surface area contributed by atoms with Gasteiger partial charge in [-0.3, -0.25) is 14.2 Å². The topological polar surface area (TPSA) is 101 Å². The summed E-state index contributed by atoms with van der Waals surface area (Å²) in [6.45, 7) is 7.02. The first-order valence-corrected chi connectivity index (χ1v) is 16.0. The predicted octanol–water partition coefficient (Wildman–Crippen LogP) is 5.42. The van der Waals surface area contributed by atoms with Gasteiger partial charge in [0.05, 0.1) is 23.9 Å². The number of hydrogen-bond donors (Lipinski definition) is 1. The zero-order chi connectivity index (χ0) is 30.9. The largest absolute Gasteiger partial charge is 0.497 e. The van der Waals surface area contributed by atoms with Crippen molar-refractivity contribution in [3.63, 3.8) is 0 Å². The van der Waals surface area contributed by atoms with Gasteiger partial charge in [0, 0.05) is 24.7 Å². The number of benzene rings is 2. The maximum atomic E-state index is 13.5. The van der Waals surface area contributed by atoms with Crippen LogP contribution in [0.15, 0.2) is 41.2 Å². The molecule has 2 aliphatic rings. The number of piperidine rings is 1. The molecule has 1 aliphatic heterocycles. The van der Waals surface area contributed by atoms with E-state index in [0.717, 1.165) is 40.0 Å². The van der Waals surface area contributed by atoms with Crippen LogP contribution < -0.4 is 9.61 Å². The second-order valence-electron chi connectivity index (χ2n) is 12.7. The number of carbonyl (C=O) groups excluding carboxylic acids is 2. The smallest absolute Gasteiger partial charge is 0.410 e. The predicted molar refractivity (Wildman–Crippen MR) is 168 cm³/mol. The van der Waals surface area contributed by atoms with Crippen molar-refractivity contribution in [3.8, 4) is 5.75 Å². The molecular weight excluding hydrogens is 590 g/mol. The molecule has 1 N–H and O–H groups in total. The van der Waals surface area contributed by atoms with Gasteiger partial charge in [0.15, 0.2) is 0 Å². The quantitative estimate of drug-likeness (QED) is 0.374. The summed E-state index contributed by atoms with van der Waals surface area (Å²) in [5.74, 6) is 0.670. The van der Waals surface area contributed by atoms with E-state index in [1.165, 1.54) is 4.57 Å². The number of thiazole rings is 1. The first kappa shape index (κ1) is 31.3. The molecule has 232 valence electrons. The average Bonchev–Trinajstić information content (AvgIpc) is 3.26. The molecule has 5 rings (SSSR count). The maximum Gasteiger partial charge on any atom is 0.410 e. The van der Waals surface area contributed by atoms with E-state index >= 15 is 0 Å². The fraction of sp³-hybridized carbons (Fsp3) is 0.531. The summed E-state index contributed by atoms with van der Waals surface area (Å²) in [4.78, 5) is 42.5. The summed E-state index contributed by atoms with van der Waals surface area (Å²) in [7, 11) is 1.60. The second-order valence-corrected chi connectivity index (χ2v) is 14.1. The molecule has 1 saturated heterocycles. The molecule has 1 fully saturated rings. The number of amides is 2. The molecule has 0 spiro atoms. The Hall–Kier alpha value is -3.08. The molecule has 11 heteroatoms. The SMILES string of the molecule is COc1ccc2c(c1)C(O)(CN(CC1CCN(C(=O)Cn3c(=O)sc4ccc(Cl)cc43)CC1)C(=O)OC(C)(C)C)CCC2. The van der Waals surface area contributed by atoms with Crippen LogP contribution in [0.4, 0.5) is 4.79 Å². The minimum atomic E-state index is -1.23. The van der Waals surface area contributed by atoms with Gasteiger partial charge in [-0.1, -0.05) is 29.0 Å². The number of aliphatic hydroxyl groups is 1. The molecule has 9 nitrogen and oxygen atoms in total. The average molecular weight is 630 g/mol. The molecule has 2 aromatic carbocycles. The fourth-order valence-corrected chi connectivity index (χ4v) is 7.18. The molecule has 2 heterocycles. The number of likely N-dealkylation sites (tertiary alicyclic amines) is 1. The fourth-order valence-electron chi connectivity index (χ4n) is 6.15. The molecule has 1 aliphatic carbocycles. The summed E-state index contributed by atoms with van der Waals surface area (Å²) in [5.41, 5.74) is 0.610. The van der Waals surface area contributed by atoms with E-state index in [0.29, 0.717) is 55.2 Å². The van der Waals surface area contributed by atoms with Crippen molar-refractivity contribution in [2.45, 2.75) is 70.6 Å². The molecule has 43 heavy (non-hydrogen) atoms. The molecule has 0 saturated carbocycles. The van der Waals surface area contributed by atoms with Crippen molar-refractivity contribution in [2.75, 3.05) is 33.3 Å². The van der Waals surface area contributed by atoms with Crippen LogP contribution in [-0.2, 0) is 28.1 Å². The number of nitrogens with zero attached hydrogens (tertiary/aromatic N) is 3. The molecule has 1 atom stereocenters. The highest BCUT2D eigenvalue weighted by molar-refractivity contribution is 7.16. The van der Waals surface area contributed by atoms with E-state index < -0.39 is 17.3 Å². The van der Waals surface area contributed by atoms with Gasteiger partial charge < -0.3 is 24.4 Å². The molecule has 1 aromatic heterocycles. The van der Waals surface area contributed by atoms with Crippen LogP contribution in [0.3, 0.4) is 0 Å². The lowest BCUT2D eigenvalue weighted by molar-refractivity contribution is -0.133. The number of methoxy groups -OCH3 is 1. The first-order chi connectivity index (χ1) is 20.3. The Labute approximate surface area is 260 Å². The molecule has 3 aromatic rings. The van der Waals surface area contributed by atoms with E-state index in [2.05, 4.69) is 0 Å². The zero-order valence-corrected chi connectivity index (χ0v) is 26.8.